The summed E-state index contributed by atoms with van der Waals surface area (Å²) in [5, 5.41) is 3.66. The smallest absolute Gasteiger partial charge is 0.000771 e. The Labute approximate surface area is 114 Å². The van der Waals surface area contributed by atoms with Crippen molar-refractivity contribution < 1.29 is 0 Å². The van der Waals surface area contributed by atoms with Crippen LogP contribution in [0.3, 0.4) is 0 Å². The van der Waals surface area contributed by atoms with Gasteiger partial charge in [-0.15, -0.1) is 0 Å². The first-order chi connectivity index (χ1) is 8.24. The Balaban J connectivity index is 4.17. The molecule has 0 aliphatic carbocycles. The molecular weight excluding hydrogens is 226 g/mol. The highest BCUT2D eigenvalue weighted by Gasteiger charge is 2.26. The van der Waals surface area contributed by atoms with Crippen molar-refractivity contribution in [3.8, 4) is 0 Å². The van der Waals surface area contributed by atoms with Gasteiger partial charge in [0.1, 0.15) is 0 Å². The maximum atomic E-state index is 3.66. The van der Waals surface area contributed by atoms with E-state index in [4.69, 9.17) is 0 Å². The van der Waals surface area contributed by atoms with E-state index in [1.54, 1.807) is 0 Å². The van der Waals surface area contributed by atoms with Gasteiger partial charge in [0.15, 0.2) is 0 Å². The first-order valence-corrected chi connectivity index (χ1v) is 8.83. The normalized spacial score (nSPS) is 14.8. The van der Waals surface area contributed by atoms with Crippen LogP contribution in [-0.4, -0.2) is 25.1 Å². The average molecular weight is 260 g/mol. The van der Waals surface area contributed by atoms with Gasteiger partial charge in [0, 0.05) is 6.54 Å². The third kappa shape index (κ3) is 8.10. The van der Waals surface area contributed by atoms with Crippen molar-refractivity contribution in [1.82, 2.24) is 5.32 Å². The van der Waals surface area contributed by atoms with Gasteiger partial charge in [0.2, 0.25) is 0 Å². The lowest BCUT2D eigenvalue weighted by atomic mass is 9.76. The molecule has 0 bridgehead atoms. The monoisotopic (exact) mass is 259 g/mol. The van der Waals surface area contributed by atoms with Gasteiger partial charge in [-0.1, -0.05) is 33.6 Å². The lowest BCUT2D eigenvalue weighted by Crippen LogP contribution is -2.34. The Kier molecular flexibility index (Phi) is 11.6. The molecule has 0 aromatic carbocycles. The standard InChI is InChI=1S/C15H33NS/c1-5-8-10-15(7-3,11-9-13-17-4)14-16-12-6-2/h16H,5-14H2,1-4H3. The van der Waals surface area contributed by atoms with Crippen LogP contribution in [0.5, 0.6) is 0 Å². The molecule has 0 saturated heterocycles. The molecule has 0 aromatic heterocycles. The van der Waals surface area contributed by atoms with E-state index in [1.165, 1.54) is 63.8 Å². The molecule has 1 atom stereocenters. The third-order valence-electron chi connectivity index (χ3n) is 3.79. The molecule has 0 saturated carbocycles. The molecule has 0 fully saturated rings. The van der Waals surface area contributed by atoms with Crippen LogP contribution in [0.25, 0.3) is 0 Å². The minimum atomic E-state index is 0.570. The van der Waals surface area contributed by atoms with E-state index in [2.05, 4.69) is 32.3 Å². The first-order valence-electron chi connectivity index (χ1n) is 7.44. The Morgan fingerprint density at radius 1 is 1.00 bits per heavy atom. The van der Waals surface area contributed by atoms with Crippen molar-refractivity contribution in [2.75, 3.05) is 25.1 Å². The second-order valence-corrected chi connectivity index (χ2v) is 6.22. The highest BCUT2D eigenvalue weighted by atomic mass is 32.2. The molecule has 0 aliphatic heterocycles. The lowest BCUT2D eigenvalue weighted by molar-refractivity contribution is 0.211. The molecule has 2 heteroatoms. The molecule has 0 spiro atoms. The summed E-state index contributed by atoms with van der Waals surface area (Å²) in [6, 6.07) is 0. The van der Waals surface area contributed by atoms with E-state index < -0.39 is 0 Å². The molecule has 1 nitrogen and oxygen atoms in total. The molecular formula is C15H33NS. The summed E-state index contributed by atoms with van der Waals surface area (Å²) in [5.41, 5.74) is 0.570. The molecule has 0 rings (SSSR count). The lowest BCUT2D eigenvalue weighted by Gasteiger charge is -2.33. The molecule has 104 valence electrons. The number of hydrogen-bond acceptors (Lipinski definition) is 2. The molecule has 0 radical (unpaired) electrons. The largest absolute Gasteiger partial charge is 0.316 e. The van der Waals surface area contributed by atoms with Crippen molar-refractivity contribution in [2.24, 2.45) is 5.41 Å². The Bertz CT molecular complexity index is 149. The van der Waals surface area contributed by atoms with Gasteiger partial charge in [-0.05, 0) is 56.1 Å². The summed E-state index contributed by atoms with van der Waals surface area (Å²) in [5.74, 6) is 1.32. The topological polar surface area (TPSA) is 12.0 Å². The predicted molar refractivity (Wildman–Crippen MR) is 83.0 cm³/mol. The summed E-state index contributed by atoms with van der Waals surface area (Å²) in [6.45, 7) is 9.34. The zero-order valence-corrected chi connectivity index (χ0v) is 13.3. The van der Waals surface area contributed by atoms with Crippen LogP contribution < -0.4 is 5.32 Å². The molecule has 17 heavy (non-hydrogen) atoms. The fourth-order valence-corrected chi connectivity index (χ4v) is 2.89. The van der Waals surface area contributed by atoms with Crippen LogP contribution in [-0.2, 0) is 0 Å². The summed E-state index contributed by atoms with van der Waals surface area (Å²) >= 11 is 1.98. The molecule has 1 N–H and O–H groups in total. The minimum Gasteiger partial charge on any atom is -0.316 e. The average Bonchev–Trinajstić information content (AvgIpc) is 2.36. The highest BCUT2D eigenvalue weighted by molar-refractivity contribution is 7.98. The van der Waals surface area contributed by atoms with Gasteiger partial charge in [-0.2, -0.15) is 11.8 Å². The van der Waals surface area contributed by atoms with Crippen molar-refractivity contribution >= 4 is 11.8 Å². The van der Waals surface area contributed by atoms with E-state index in [-0.39, 0.29) is 0 Å². The highest BCUT2D eigenvalue weighted by Crippen LogP contribution is 2.34. The number of thioether (sulfide) groups is 1. The summed E-state index contributed by atoms with van der Waals surface area (Å²) in [7, 11) is 0. The van der Waals surface area contributed by atoms with Crippen LogP contribution in [0.1, 0.15) is 65.7 Å². The van der Waals surface area contributed by atoms with Gasteiger partial charge in [-0.3, -0.25) is 0 Å². The zero-order chi connectivity index (χ0) is 13.0. The Morgan fingerprint density at radius 2 is 1.71 bits per heavy atom. The molecule has 0 aromatic rings. The van der Waals surface area contributed by atoms with Crippen LogP contribution in [0.15, 0.2) is 0 Å². The van der Waals surface area contributed by atoms with Crippen molar-refractivity contribution in [3.63, 3.8) is 0 Å². The van der Waals surface area contributed by atoms with Gasteiger partial charge in [0.25, 0.3) is 0 Å². The summed E-state index contributed by atoms with van der Waals surface area (Å²) in [6.07, 6.45) is 11.7. The van der Waals surface area contributed by atoms with Gasteiger partial charge in [-0.25, -0.2) is 0 Å². The number of rotatable bonds is 12. The second kappa shape index (κ2) is 11.4. The number of hydrogen-bond donors (Lipinski definition) is 1. The maximum Gasteiger partial charge on any atom is 0.000771 e. The fraction of sp³-hybridized carbons (Fsp3) is 1.00. The van der Waals surface area contributed by atoms with Crippen LogP contribution in [0.2, 0.25) is 0 Å². The number of nitrogens with one attached hydrogen (secondary N) is 1. The summed E-state index contributed by atoms with van der Waals surface area (Å²) < 4.78 is 0. The zero-order valence-electron chi connectivity index (χ0n) is 12.5. The molecule has 0 heterocycles. The quantitative estimate of drug-likeness (QED) is 0.509. The fourth-order valence-electron chi connectivity index (χ4n) is 2.45. The summed E-state index contributed by atoms with van der Waals surface area (Å²) in [4.78, 5) is 0. The van der Waals surface area contributed by atoms with Gasteiger partial charge < -0.3 is 5.32 Å². The van der Waals surface area contributed by atoms with E-state index in [1.807, 2.05) is 11.8 Å². The van der Waals surface area contributed by atoms with Crippen LogP contribution >= 0.6 is 11.8 Å². The number of unbranched alkanes of at least 4 members (excludes halogenated alkanes) is 1. The predicted octanol–water partition coefficient (Wildman–Crippen LogP) is 4.72. The Hall–Kier alpha value is 0.310. The van der Waals surface area contributed by atoms with Crippen LogP contribution in [0, 0.1) is 5.41 Å². The van der Waals surface area contributed by atoms with E-state index in [0.717, 1.165) is 0 Å². The first kappa shape index (κ1) is 17.3. The van der Waals surface area contributed by atoms with Gasteiger partial charge >= 0.3 is 0 Å². The van der Waals surface area contributed by atoms with Crippen molar-refractivity contribution in [2.45, 2.75) is 65.7 Å². The van der Waals surface area contributed by atoms with E-state index >= 15 is 0 Å². The third-order valence-corrected chi connectivity index (χ3v) is 4.49. The SMILES string of the molecule is CCCCC(CC)(CCCSC)CNCCC. The minimum absolute atomic E-state index is 0.570. The Morgan fingerprint density at radius 3 is 2.24 bits per heavy atom. The van der Waals surface area contributed by atoms with Crippen LogP contribution in [0.4, 0.5) is 0 Å². The maximum absolute atomic E-state index is 3.66. The molecule has 0 amide bonds. The van der Waals surface area contributed by atoms with Gasteiger partial charge in [0.05, 0.1) is 0 Å². The van der Waals surface area contributed by atoms with Crippen molar-refractivity contribution in [3.05, 3.63) is 0 Å². The molecule has 1 unspecified atom stereocenters. The van der Waals surface area contributed by atoms with E-state index in [0.29, 0.717) is 5.41 Å². The molecule has 0 aliphatic rings. The van der Waals surface area contributed by atoms with E-state index in [9.17, 15) is 0 Å². The van der Waals surface area contributed by atoms with Crippen molar-refractivity contribution in [1.29, 1.82) is 0 Å². The second-order valence-electron chi connectivity index (χ2n) is 5.23.